The molecular weight excluding hydrogens is 456 g/mol. The summed E-state index contributed by atoms with van der Waals surface area (Å²) in [6.07, 6.45) is 0.852. The second-order valence-corrected chi connectivity index (χ2v) is 9.58. The van der Waals surface area contributed by atoms with Gasteiger partial charge in [-0.2, -0.15) is 0 Å². The van der Waals surface area contributed by atoms with Gasteiger partial charge in [0.25, 0.3) is 0 Å². The second kappa shape index (κ2) is 11.0. The summed E-state index contributed by atoms with van der Waals surface area (Å²) in [6.45, 7) is 7.69. The summed E-state index contributed by atoms with van der Waals surface area (Å²) in [5.41, 5.74) is 5.84. The van der Waals surface area contributed by atoms with Crippen LogP contribution in [0.3, 0.4) is 0 Å². The van der Waals surface area contributed by atoms with Gasteiger partial charge in [0.15, 0.2) is 16.6 Å². The van der Waals surface area contributed by atoms with Crippen molar-refractivity contribution in [3.63, 3.8) is 0 Å². The molecule has 4 rings (SSSR count). The Labute approximate surface area is 214 Å². The van der Waals surface area contributed by atoms with Gasteiger partial charge in [0.1, 0.15) is 12.4 Å². The molecule has 0 amide bonds. The van der Waals surface area contributed by atoms with Crippen molar-refractivity contribution in [2.24, 2.45) is 0 Å². The molecule has 0 radical (unpaired) electrons. The number of thiocarbonyl (C=S) groups is 1. The van der Waals surface area contributed by atoms with Gasteiger partial charge in [-0.3, -0.25) is 0 Å². The van der Waals surface area contributed by atoms with Crippen LogP contribution in [0.4, 0.5) is 5.69 Å². The zero-order valence-electron chi connectivity index (χ0n) is 21.1. The molecular formula is C29H34N2O3S. The number of benzene rings is 3. The maximum absolute atomic E-state index is 6.31. The van der Waals surface area contributed by atoms with E-state index in [4.69, 9.17) is 26.4 Å². The lowest BCUT2D eigenvalue weighted by Gasteiger charge is -2.39. The number of fused-ring (bicyclic) bond motifs is 1. The average molecular weight is 491 g/mol. The summed E-state index contributed by atoms with van der Waals surface area (Å²) in [6, 6.07) is 20.7. The summed E-state index contributed by atoms with van der Waals surface area (Å²) in [5, 5.41) is 4.09. The minimum absolute atomic E-state index is 0.0752. The van der Waals surface area contributed by atoms with Crippen molar-refractivity contribution in [3.05, 3.63) is 82.9 Å². The molecule has 3 aromatic rings. The number of anilines is 1. The van der Waals surface area contributed by atoms with E-state index in [1.165, 1.54) is 16.7 Å². The van der Waals surface area contributed by atoms with E-state index in [1.807, 2.05) is 12.1 Å². The molecule has 1 aliphatic heterocycles. The summed E-state index contributed by atoms with van der Waals surface area (Å²) < 4.78 is 17.5. The van der Waals surface area contributed by atoms with E-state index in [0.29, 0.717) is 23.4 Å². The first-order chi connectivity index (χ1) is 16.9. The molecule has 184 valence electrons. The number of rotatable bonds is 7. The monoisotopic (exact) mass is 490 g/mol. The predicted molar refractivity (Wildman–Crippen MR) is 146 cm³/mol. The van der Waals surface area contributed by atoms with Crippen molar-refractivity contribution >= 4 is 23.0 Å². The summed E-state index contributed by atoms with van der Waals surface area (Å²) in [7, 11) is 3.33. The molecule has 3 aromatic carbocycles. The highest BCUT2D eigenvalue weighted by Gasteiger charge is 2.31. The molecule has 0 aromatic heterocycles. The Morgan fingerprint density at radius 2 is 1.66 bits per heavy atom. The highest BCUT2D eigenvalue weighted by atomic mass is 32.1. The van der Waals surface area contributed by atoms with E-state index in [-0.39, 0.29) is 6.04 Å². The molecule has 1 N–H and O–H groups in total. The predicted octanol–water partition coefficient (Wildman–Crippen LogP) is 6.51. The molecule has 1 heterocycles. The SMILES string of the molecule is COc1cc2c(cc1OC)C(COc1ccc(C(C)C)cc1)N(C(=S)Nc1ccc(C)cc1)CC2. The van der Waals surface area contributed by atoms with Crippen molar-refractivity contribution in [1.82, 2.24) is 4.90 Å². The number of hydrogen-bond acceptors (Lipinski definition) is 4. The summed E-state index contributed by atoms with van der Waals surface area (Å²) >= 11 is 5.88. The number of methoxy groups -OCH3 is 2. The van der Waals surface area contributed by atoms with Crippen molar-refractivity contribution in [1.29, 1.82) is 0 Å². The molecule has 1 aliphatic rings. The quantitative estimate of drug-likeness (QED) is 0.381. The molecule has 1 atom stereocenters. The van der Waals surface area contributed by atoms with Gasteiger partial charge in [-0.1, -0.05) is 43.7 Å². The fraction of sp³-hybridized carbons (Fsp3) is 0.345. The summed E-state index contributed by atoms with van der Waals surface area (Å²) in [5.74, 6) is 2.78. The van der Waals surface area contributed by atoms with Crippen LogP contribution >= 0.6 is 12.2 Å². The van der Waals surface area contributed by atoms with Gasteiger partial charge in [0.2, 0.25) is 0 Å². The van der Waals surface area contributed by atoms with Gasteiger partial charge >= 0.3 is 0 Å². The van der Waals surface area contributed by atoms with Crippen LogP contribution in [0.15, 0.2) is 60.7 Å². The number of ether oxygens (including phenoxy) is 3. The number of aryl methyl sites for hydroxylation is 1. The Kier molecular flexibility index (Phi) is 7.81. The van der Waals surface area contributed by atoms with Crippen molar-refractivity contribution < 1.29 is 14.2 Å². The zero-order valence-corrected chi connectivity index (χ0v) is 21.9. The van der Waals surface area contributed by atoms with Crippen LogP contribution in [0.25, 0.3) is 0 Å². The first-order valence-electron chi connectivity index (χ1n) is 12.0. The third-order valence-corrected chi connectivity index (χ3v) is 6.86. The van der Waals surface area contributed by atoms with Crippen molar-refractivity contribution in [2.45, 2.75) is 39.2 Å². The Balaban J connectivity index is 1.62. The zero-order chi connectivity index (χ0) is 24.9. The largest absolute Gasteiger partial charge is 0.493 e. The maximum atomic E-state index is 6.31. The Morgan fingerprint density at radius 3 is 2.29 bits per heavy atom. The van der Waals surface area contributed by atoms with Gasteiger partial charge in [-0.25, -0.2) is 0 Å². The van der Waals surface area contributed by atoms with E-state index in [1.54, 1.807) is 14.2 Å². The van der Waals surface area contributed by atoms with Crippen LogP contribution in [0.1, 0.15) is 48.1 Å². The lowest BCUT2D eigenvalue weighted by molar-refractivity contribution is 0.190. The Morgan fingerprint density at radius 1 is 1.00 bits per heavy atom. The molecule has 0 fully saturated rings. The minimum atomic E-state index is -0.0752. The molecule has 35 heavy (non-hydrogen) atoms. The lowest BCUT2D eigenvalue weighted by Crippen LogP contribution is -2.44. The van der Waals surface area contributed by atoms with Crippen LogP contribution in [0, 0.1) is 6.92 Å². The van der Waals surface area contributed by atoms with E-state index >= 15 is 0 Å². The van der Waals surface area contributed by atoms with E-state index in [9.17, 15) is 0 Å². The van der Waals surface area contributed by atoms with Gasteiger partial charge in [-0.05, 0) is 84.6 Å². The number of hydrogen-bond donors (Lipinski definition) is 1. The van der Waals surface area contributed by atoms with Crippen LogP contribution in [-0.4, -0.2) is 37.4 Å². The van der Waals surface area contributed by atoms with Gasteiger partial charge in [0.05, 0.1) is 20.3 Å². The molecule has 6 heteroatoms. The normalized spacial score (nSPS) is 14.9. The van der Waals surface area contributed by atoms with Gasteiger partial charge in [-0.15, -0.1) is 0 Å². The molecule has 0 spiro atoms. The Bertz CT molecular complexity index is 1160. The summed E-state index contributed by atoms with van der Waals surface area (Å²) in [4.78, 5) is 2.21. The fourth-order valence-corrected chi connectivity index (χ4v) is 4.74. The first kappa shape index (κ1) is 24.9. The van der Waals surface area contributed by atoms with Gasteiger partial charge in [0, 0.05) is 12.2 Å². The number of nitrogens with one attached hydrogen (secondary N) is 1. The molecule has 5 nitrogen and oxygen atoms in total. The standard InChI is InChI=1S/C29H34N2O3S/c1-19(2)21-8-12-24(13-9-21)34-18-26-25-17-28(33-5)27(32-4)16-22(25)14-15-31(26)29(35)30-23-10-6-20(3)7-11-23/h6-13,16-17,19,26H,14-15,18H2,1-5H3,(H,30,35). The highest BCUT2D eigenvalue weighted by molar-refractivity contribution is 7.80. The van der Waals surface area contributed by atoms with Crippen molar-refractivity contribution in [2.75, 3.05) is 32.7 Å². The molecule has 0 saturated carbocycles. The maximum Gasteiger partial charge on any atom is 0.174 e. The minimum Gasteiger partial charge on any atom is -0.493 e. The van der Waals surface area contributed by atoms with Crippen LogP contribution in [0.5, 0.6) is 17.2 Å². The Hall–Kier alpha value is -3.25. The molecule has 0 aliphatic carbocycles. The average Bonchev–Trinajstić information content (AvgIpc) is 2.87. The van der Waals surface area contributed by atoms with Crippen molar-refractivity contribution in [3.8, 4) is 17.2 Å². The van der Waals surface area contributed by atoms with E-state index in [2.05, 4.69) is 79.5 Å². The number of nitrogens with zero attached hydrogens (tertiary/aromatic N) is 1. The topological polar surface area (TPSA) is 43.0 Å². The molecule has 0 bridgehead atoms. The lowest BCUT2D eigenvalue weighted by atomic mass is 9.92. The third-order valence-electron chi connectivity index (χ3n) is 6.52. The molecule has 0 saturated heterocycles. The van der Waals surface area contributed by atoms with Crippen LogP contribution in [0.2, 0.25) is 0 Å². The smallest absolute Gasteiger partial charge is 0.174 e. The second-order valence-electron chi connectivity index (χ2n) is 9.20. The van der Waals surface area contributed by atoms with Gasteiger partial charge < -0.3 is 24.4 Å². The van der Waals surface area contributed by atoms with Crippen LogP contribution in [-0.2, 0) is 6.42 Å². The fourth-order valence-electron chi connectivity index (χ4n) is 4.41. The van der Waals surface area contributed by atoms with E-state index in [0.717, 1.165) is 35.7 Å². The first-order valence-corrected chi connectivity index (χ1v) is 12.4. The molecule has 1 unspecified atom stereocenters. The highest BCUT2D eigenvalue weighted by Crippen LogP contribution is 2.38. The van der Waals surface area contributed by atoms with Crippen LogP contribution < -0.4 is 19.5 Å². The third kappa shape index (κ3) is 5.70. The van der Waals surface area contributed by atoms with E-state index < -0.39 is 0 Å².